The molecule has 1 aromatic heterocycles. The molecule has 1 fully saturated rings. The molecule has 2 aliphatic rings. The normalized spacial score (nSPS) is 24.7. The molecule has 3 heterocycles. The average molecular weight is 473 g/mol. The number of amides is 1. The maximum Gasteiger partial charge on any atom is 0.241 e. The Kier molecular flexibility index (Phi) is 5.18. The molecule has 0 spiro atoms. The van der Waals surface area contributed by atoms with Gasteiger partial charge in [0.15, 0.2) is 11.2 Å². The molecule has 2 aromatic carbocycles. The predicted molar refractivity (Wildman–Crippen MR) is 125 cm³/mol. The van der Waals surface area contributed by atoms with E-state index in [0.717, 1.165) is 0 Å². The van der Waals surface area contributed by atoms with Crippen LogP contribution < -0.4 is 10.6 Å². The summed E-state index contributed by atoms with van der Waals surface area (Å²) in [6.45, 7) is 0. The number of rotatable bonds is 4. The van der Waals surface area contributed by atoms with Gasteiger partial charge >= 0.3 is 0 Å². The summed E-state index contributed by atoms with van der Waals surface area (Å²) >= 11 is 6.02. The van der Waals surface area contributed by atoms with Crippen molar-refractivity contribution in [2.24, 2.45) is 11.1 Å². The molecule has 34 heavy (non-hydrogen) atoms. The first-order valence-electron chi connectivity index (χ1n) is 10.6. The largest absolute Gasteiger partial charge is 0.368 e. The van der Waals surface area contributed by atoms with Gasteiger partial charge in [0.2, 0.25) is 5.91 Å². The number of halogens is 2. The molecule has 1 amide bonds. The number of hydrogen-bond donors (Lipinski definition) is 1. The maximum atomic E-state index is 14.0. The minimum absolute atomic E-state index is 0.313. The highest BCUT2D eigenvalue weighted by Gasteiger charge is 2.65. The third kappa shape index (κ3) is 3.11. The number of aromatic nitrogens is 1. The highest BCUT2D eigenvalue weighted by atomic mass is 35.5. The van der Waals surface area contributed by atoms with Crippen LogP contribution >= 0.6 is 11.6 Å². The van der Waals surface area contributed by atoms with Crippen molar-refractivity contribution in [2.75, 3.05) is 4.90 Å². The van der Waals surface area contributed by atoms with E-state index >= 15 is 0 Å². The van der Waals surface area contributed by atoms with Crippen molar-refractivity contribution in [1.82, 2.24) is 4.98 Å². The summed E-state index contributed by atoms with van der Waals surface area (Å²) in [5, 5.41) is 10.9. The zero-order valence-corrected chi connectivity index (χ0v) is 18.5. The number of nitrogens with zero attached hydrogens (tertiary/aromatic N) is 3. The fraction of sp³-hybridized carbons (Fsp3) is 0.154. The minimum atomic E-state index is -1.77. The van der Waals surface area contributed by atoms with Crippen LogP contribution in [0.4, 0.5) is 10.1 Å². The first-order chi connectivity index (χ1) is 16.4. The lowest BCUT2D eigenvalue weighted by Gasteiger charge is -2.36. The van der Waals surface area contributed by atoms with Crippen molar-refractivity contribution in [3.63, 3.8) is 0 Å². The van der Waals surface area contributed by atoms with Crippen LogP contribution in [0.15, 0.2) is 73.1 Å². The van der Waals surface area contributed by atoms with E-state index in [0.29, 0.717) is 27.4 Å². The van der Waals surface area contributed by atoms with Crippen LogP contribution in [0.25, 0.3) is 6.08 Å². The van der Waals surface area contributed by atoms with E-state index < -0.39 is 35.1 Å². The summed E-state index contributed by atoms with van der Waals surface area (Å²) in [5.41, 5.74) is 6.17. The Bertz CT molecular complexity index is 1370. The Labute approximate surface area is 200 Å². The zero-order chi connectivity index (χ0) is 24.0. The molecule has 3 aromatic rings. The van der Waals surface area contributed by atoms with Crippen molar-refractivity contribution in [2.45, 2.75) is 18.0 Å². The Hall–Kier alpha value is -4.02. The fourth-order valence-electron chi connectivity index (χ4n) is 5.19. The monoisotopic (exact) mass is 472 g/mol. The van der Waals surface area contributed by atoms with Gasteiger partial charge in [0.05, 0.1) is 12.1 Å². The summed E-state index contributed by atoms with van der Waals surface area (Å²) in [4.78, 5) is 32.9. The van der Waals surface area contributed by atoms with Crippen LogP contribution in [-0.2, 0) is 4.79 Å². The third-order valence-electron chi connectivity index (χ3n) is 6.65. The van der Waals surface area contributed by atoms with Crippen molar-refractivity contribution >= 4 is 35.1 Å². The van der Waals surface area contributed by atoms with E-state index in [-0.39, 0.29) is 5.78 Å². The van der Waals surface area contributed by atoms with Gasteiger partial charge in [-0.2, -0.15) is 5.26 Å². The Balaban J connectivity index is 1.80. The number of anilines is 1. The van der Waals surface area contributed by atoms with Crippen molar-refractivity contribution in [3.05, 3.63) is 101 Å². The van der Waals surface area contributed by atoms with Crippen molar-refractivity contribution in [3.8, 4) is 6.07 Å². The number of Topliss-reactive ketones (excluding diaryl/α,β-unsaturated/α-hetero) is 1. The van der Waals surface area contributed by atoms with Gasteiger partial charge in [0, 0.05) is 40.1 Å². The second-order valence-corrected chi connectivity index (χ2v) is 8.77. The SMILES string of the molecule is N#C[C@@]1(C(N)=O)[C@H](c2ccncc2)[C@@H](C(=O)c2ccc(Cl)cc2)N2c3ccc(F)cc3C=C[C@@H]21. The number of ketones is 1. The number of nitriles is 1. The lowest BCUT2D eigenvalue weighted by Crippen LogP contribution is -2.49. The fourth-order valence-corrected chi connectivity index (χ4v) is 5.31. The zero-order valence-electron chi connectivity index (χ0n) is 17.7. The summed E-state index contributed by atoms with van der Waals surface area (Å²) < 4.78 is 14.0. The van der Waals surface area contributed by atoms with Crippen LogP contribution in [0, 0.1) is 22.6 Å². The molecule has 0 radical (unpaired) electrons. The molecule has 6 nitrogen and oxygen atoms in total. The molecule has 1 saturated heterocycles. The molecule has 4 atom stereocenters. The molecule has 2 aliphatic heterocycles. The van der Waals surface area contributed by atoms with Gasteiger partial charge in [0.1, 0.15) is 11.9 Å². The predicted octanol–water partition coefficient (Wildman–Crippen LogP) is 4.12. The van der Waals surface area contributed by atoms with E-state index in [4.69, 9.17) is 17.3 Å². The second kappa shape index (κ2) is 8.08. The smallest absolute Gasteiger partial charge is 0.241 e. The molecular formula is C26H18ClFN4O2. The Morgan fingerprint density at radius 3 is 2.47 bits per heavy atom. The second-order valence-electron chi connectivity index (χ2n) is 8.33. The standard InChI is InChI=1S/C26H18ClFN4O2/c27-18-4-1-16(2-5-18)24(33)23-22(15-9-11-31-12-10-15)26(14-29,25(30)34)21-8-3-17-13-19(28)6-7-20(17)32(21)23/h1-13,21-23H,(H2,30,34)/t21-,22-,23+,26+/m1/s1. The van der Waals surface area contributed by atoms with Crippen molar-refractivity contribution < 1.29 is 14.0 Å². The topological polar surface area (TPSA) is 100 Å². The molecule has 0 aliphatic carbocycles. The number of pyridine rings is 1. The molecular weight excluding hydrogens is 455 g/mol. The molecule has 168 valence electrons. The Morgan fingerprint density at radius 1 is 1.12 bits per heavy atom. The summed E-state index contributed by atoms with van der Waals surface area (Å²) in [6, 6.07) is 14.3. The highest BCUT2D eigenvalue weighted by molar-refractivity contribution is 6.30. The van der Waals surface area contributed by atoms with Crippen LogP contribution in [0.1, 0.15) is 27.4 Å². The van der Waals surface area contributed by atoms with E-state index in [1.807, 2.05) is 0 Å². The molecule has 0 unspecified atom stereocenters. The van der Waals surface area contributed by atoms with Gasteiger partial charge in [-0.05, 0) is 60.2 Å². The minimum Gasteiger partial charge on any atom is -0.368 e. The quantitative estimate of drug-likeness (QED) is 0.576. The van der Waals surface area contributed by atoms with Gasteiger partial charge in [-0.1, -0.05) is 23.8 Å². The van der Waals surface area contributed by atoms with E-state index in [1.54, 1.807) is 71.9 Å². The first-order valence-corrected chi connectivity index (χ1v) is 10.9. The van der Waals surface area contributed by atoms with Crippen LogP contribution in [0.3, 0.4) is 0 Å². The number of fused-ring (bicyclic) bond motifs is 3. The number of benzene rings is 2. The highest BCUT2D eigenvalue weighted by Crippen LogP contribution is 2.55. The van der Waals surface area contributed by atoms with Crippen LogP contribution in [-0.4, -0.2) is 28.8 Å². The number of carbonyl (C=O) groups is 2. The maximum absolute atomic E-state index is 14.0. The third-order valence-corrected chi connectivity index (χ3v) is 6.91. The van der Waals surface area contributed by atoms with E-state index in [9.17, 15) is 19.2 Å². The van der Waals surface area contributed by atoms with E-state index in [2.05, 4.69) is 11.1 Å². The van der Waals surface area contributed by atoms with Crippen LogP contribution in [0.2, 0.25) is 5.02 Å². The van der Waals surface area contributed by atoms with Gasteiger partial charge in [-0.15, -0.1) is 0 Å². The first kappa shape index (κ1) is 21.8. The molecule has 5 rings (SSSR count). The Morgan fingerprint density at radius 2 is 1.82 bits per heavy atom. The summed E-state index contributed by atoms with van der Waals surface area (Å²) in [5.74, 6) is -2.50. The van der Waals surface area contributed by atoms with Gasteiger partial charge in [-0.3, -0.25) is 14.6 Å². The number of primary amides is 1. The van der Waals surface area contributed by atoms with E-state index in [1.165, 1.54) is 12.1 Å². The summed E-state index contributed by atoms with van der Waals surface area (Å²) in [7, 11) is 0. The molecule has 2 N–H and O–H groups in total. The van der Waals surface area contributed by atoms with Crippen LogP contribution in [0.5, 0.6) is 0 Å². The number of hydrogen-bond acceptors (Lipinski definition) is 5. The van der Waals surface area contributed by atoms with Crippen molar-refractivity contribution in [1.29, 1.82) is 5.26 Å². The van der Waals surface area contributed by atoms with Gasteiger partial charge in [-0.25, -0.2) is 4.39 Å². The number of carbonyl (C=O) groups excluding carboxylic acids is 2. The summed E-state index contributed by atoms with van der Waals surface area (Å²) in [6.07, 6.45) is 6.39. The lowest BCUT2D eigenvalue weighted by atomic mass is 9.67. The number of nitrogens with two attached hydrogens (primary N) is 1. The molecule has 0 saturated carbocycles. The molecule has 8 heteroatoms. The van der Waals surface area contributed by atoms with Gasteiger partial charge in [0.25, 0.3) is 0 Å². The lowest BCUT2D eigenvalue weighted by molar-refractivity contribution is -0.125. The molecule has 0 bridgehead atoms. The average Bonchev–Trinajstić information content (AvgIpc) is 3.16. The van der Waals surface area contributed by atoms with Gasteiger partial charge < -0.3 is 10.6 Å².